The number of carboxylic acids is 1. The number of benzene rings is 2. The molecule has 1 saturated heterocycles. The van der Waals surface area contributed by atoms with Crippen LogP contribution in [0.2, 0.25) is 0 Å². The molecule has 3 heteroatoms. The van der Waals surface area contributed by atoms with E-state index in [-0.39, 0.29) is 5.92 Å². The van der Waals surface area contributed by atoms with Crippen molar-refractivity contribution in [2.75, 3.05) is 19.6 Å². The van der Waals surface area contributed by atoms with Crippen LogP contribution in [0.25, 0.3) is 5.57 Å². The van der Waals surface area contributed by atoms with Gasteiger partial charge in [0, 0.05) is 13.1 Å². The molecular formula is C23H25NO2. The molecule has 134 valence electrons. The monoisotopic (exact) mass is 347 g/mol. The summed E-state index contributed by atoms with van der Waals surface area (Å²) in [5.41, 5.74) is 6.74. The van der Waals surface area contributed by atoms with Crippen molar-refractivity contribution in [2.24, 2.45) is 5.92 Å². The standard InChI is InChI=1S/C23H25NO2/c25-23(26)19-8-5-14-24(16-19)15-13-22-20-9-3-1-6-17(20)11-12-18-7-2-4-10-21(18)22/h1-4,6-7,9-10,13,19H,5,8,11-12,14-16H2,(H,25,26). The summed E-state index contributed by atoms with van der Waals surface area (Å²) in [7, 11) is 0. The van der Waals surface area contributed by atoms with E-state index in [1.165, 1.54) is 27.8 Å². The van der Waals surface area contributed by atoms with Gasteiger partial charge in [0.25, 0.3) is 0 Å². The highest BCUT2D eigenvalue weighted by Crippen LogP contribution is 2.33. The molecule has 0 amide bonds. The van der Waals surface area contributed by atoms with Gasteiger partial charge in [-0.1, -0.05) is 54.6 Å². The van der Waals surface area contributed by atoms with Crippen LogP contribution in [0.1, 0.15) is 35.1 Å². The Balaban J connectivity index is 1.66. The summed E-state index contributed by atoms with van der Waals surface area (Å²) in [4.78, 5) is 13.6. The lowest BCUT2D eigenvalue weighted by Crippen LogP contribution is -2.38. The van der Waals surface area contributed by atoms with Gasteiger partial charge in [0.2, 0.25) is 0 Å². The molecule has 0 spiro atoms. The number of hydrogen-bond donors (Lipinski definition) is 1. The number of carbonyl (C=O) groups is 1. The number of aryl methyl sites for hydroxylation is 2. The zero-order chi connectivity index (χ0) is 17.9. The molecule has 0 saturated carbocycles. The largest absolute Gasteiger partial charge is 0.481 e. The topological polar surface area (TPSA) is 40.5 Å². The molecule has 1 aliphatic heterocycles. The lowest BCUT2D eigenvalue weighted by molar-refractivity contribution is -0.143. The summed E-state index contributed by atoms with van der Waals surface area (Å²) in [6.07, 6.45) is 6.21. The van der Waals surface area contributed by atoms with Crippen molar-refractivity contribution in [1.29, 1.82) is 0 Å². The average Bonchev–Trinajstić information content (AvgIpc) is 2.83. The second-order valence-corrected chi connectivity index (χ2v) is 7.37. The maximum absolute atomic E-state index is 11.3. The number of likely N-dealkylation sites (tertiary alicyclic amines) is 1. The predicted octanol–water partition coefficient (Wildman–Crippen LogP) is 4.01. The second kappa shape index (κ2) is 7.46. The van der Waals surface area contributed by atoms with E-state index >= 15 is 0 Å². The summed E-state index contributed by atoms with van der Waals surface area (Å²) in [5, 5.41) is 9.33. The average molecular weight is 347 g/mol. The van der Waals surface area contributed by atoms with E-state index < -0.39 is 5.97 Å². The van der Waals surface area contributed by atoms with E-state index in [9.17, 15) is 9.90 Å². The van der Waals surface area contributed by atoms with Crippen molar-refractivity contribution in [3.63, 3.8) is 0 Å². The fourth-order valence-corrected chi connectivity index (χ4v) is 4.28. The molecule has 0 aromatic heterocycles. The highest BCUT2D eigenvalue weighted by Gasteiger charge is 2.25. The van der Waals surface area contributed by atoms with Gasteiger partial charge in [0.05, 0.1) is 5.92 Å². The molecule has 1 fully saturated rings. The maximum atomic E-state index is 11.3. The number of hydrogen-bond acceptors (Lipinski definition) is 2. The van der Waals surface area contributed by atoms with E-state index in [0.29, 0.717) is 6.54 Å². The van der Waals surface area contributed by atoms with Crippen LogP contribution < -0.4 is 0 Å². The van der Waals surface area contributed by atoms with Crippen LogP contribution in [0.3, 0.4) is 0 Å². The first-order chi connectivity index (χ1) is 12.7. The van der Waals surface area contributed by atoms with Crippen LogP contribution >= 0.6 is 0 Å². The first-order valence-electron chi connectivity index (χ1n) is 9.54. The Morgan fingerprint density at radius 3 is 2.27 bits per heavy atom. The molecule has 1 unspecified atom stereocenters. The Hall–Kier alpha value is -2.39. The highest BCUT2D eigenvalue weighted by molar-refractivity contribution is 5.84. The van der Waals surface area contributed by atoms with E-state index in [4.69, 9.17) is 0 Å². The van der Waals surface area contributed by atoms with Gasteiger partial charge in [-0.2, -0.15) is 0 Å². The Morgan fingerprint density at radius 2 is 1.65 bits per heavy atom. The zero-order valence-corrected chi connectivity index (χ0v) is 15.0. The number of carboxylic acid groups (broad SMARTS) is 1. The predicted molar refractivity (Wildman–Crippen MR) is 104 cm³/mol. The highest BCUT2D eigenvalue weighted by atomic mass is 16.4. The van der Waals surface area contributed by atoms with Gasteiger partial charge in [-0.25, -0.2) is 0 Å². The van der Waals surface area contributed by atoms with Crippen molar-refractivity contribution in [1.82, 2.24) is 4.90 Å². The fourth-order valence-electron chi connectivity index (χ4n) is 4.28. The van der Waals surface area contributed by atoms with Crippen LogP contribution in [-0.4, -0.2) is 35.6 Å². The van der Waals surface area contributed by atoms with E-state index in [1.54, 1.807) is 0 Å². The molecule has 4 rings (SSSR count). The van der Waals surface area contributed by atoms with Crippen molar-refractivity contribution in [3.05, 3.63) is 76.9 Å². The minimum Gasteiger partial charge on any atom is -0.481 e. The third-order valence-corrected chi connectivity index (χ3v) is 5.69. The third-order valence-electron chi connectivity index (χ3n) is 5.69. The zero-order valence-electron chi connectivity index (χ0n) is 15.0. The Bertz CT molecular complexity index is 790. The smallest absolute Gasteiger partial charge is 0.307 e. The number of fused-ring (bicyclic) bond motifs is 2. The first-order valence-corrected chi connectivity index (χ1v) is 9.54. The maximum Gasteiger partial charge on any atom is 0.307 e. The summed E-state index contributed by atoms with van der Waals surface area (Å²) in [6, 6.07) is 17.4. The van der Waals surface area contributed by atoms with E-state index in [0.717, 1.165) is 38.8 Å². The Labute approximate surface area is 155 Å². The summed E-state index contributed by atoms with van der Waals surface area (Å²) in [6.45, 7) is 2.45. The van der Waals surface area contributed by atoms with Crippen molar-refractivity contribution in [2.45, 2.75) is 25.7 Å². The van der Waals surface area contributed by atoms with Crippen LogP contribution in [0.5, 0.6) is 0 Å². The van der Waals surface area contributed by atoms with Gasteiger partial charge in [-0.05, 0) is 60.1 Å². The molecule has 1 N–H and O–H groups in total. The summed E-state index contributed by atoms with van der Waals surface area (Å²) in [5.74, 6) is -0.886. The quantitative estimate of drug-likeness (QED) is 0.912. The molecule has 1 aliphatic carbocycles. The van der Waals surface area contributed by atoms with Gasteiger partial charge >= 0.3 is 5.97 Å². The molecule has 2 aromatic rings. The molecule has 2 aromatic carbocycles. The minimum atomic E-state index is -0.660. The van der Waals surface area contributed by atoms with Gasteiger partial charge < -0.3 is 5.11 Å². The van der Waals surface area contributed by atoms with Crippen LogP contribution in [0.4, 0.5) is 0 Å². The fraction of sp³-hybridized carbons (Fsp3) is 0.348. The molecular weight excluding hydrogens is 322 g/mol. The summed E-state index contributed by atoms with van der Waals surface area (Å²) >= 11 is 0. The van der Waals surface area contributed by atoms with Gasteiger partial charge in [-0.3, -0.25) is 9.69 Å². The van der Waals surface area contributed by atoms with Gasteiger partial charge in [0.1, 0.15) is 0 Å². The number of nitrogens with zero attached hydrogens (tertiary/aromatic N) is 1. The molecule has 26 heavy (non-hydrogen) atoms. The van der Waals surface area contributed by atoms with Crippen LogP contribution in [-0.2, 0) is 17.6 Å². The van der Waals surface area contributed by atoms with Gasteiger partial charge in [-0.15, -0.1) is 0 Å². The third kappa shape index (κ3) is 3.45. The number of piperidine rings is 1. The van der Waals surface area contributed by atoms with Crippen LogP contribution in [0, 0.1) is 5.92 Å². The summed E-state index contributed by atoms with van der Waals surface area (Å²) < 4.78 is 0. The second-order valence-electron chi connectivity index (χ2n) is 7.37. The normalized spacial score (nSPS) is 20.0. The SMILES string of the molecule is O=C(O)C1CCCN(CC=C2c3ccccc3CCc3ccccc32)C1. The molecule has 1 heterocycles. The molecule has 3 nitrogen and oxygen atoms in total. The number of aliphatic carboxylic acids is 1. The lowest BCUT2D eigenvalue weighted by atomic mass is 9.93. The van der Waals surface area contributed by atoms with Crippen LogP contribution in [0.15, 0.2) is 54.6 Å². The molecule has 2 aliphatic rings. The minimum absolute atomic E-state index is 0.226. The van der Waals surface area contributed by atoms with Crippen molar-refractivity contribution >= 4 is 11.5 Å². The Kier molecular flexibility index (Phi) is 4.89. The van der Waals surface area contributed by atoms with Crippen molar-refractivity contribution in [3.8, 4) is 0 Å². The molecule has 1 atom stereocenters. The first kappa shape index (κ1) is 17.0. The number of rotatable bonds is 3. The lowest BCUT2D eigenvalue weighted by Gasteiger charge is -2.30. The van der Waals surface area contributed by atoms with E-state index in [1.807, 2.05) is 0 Å². The van der Waals surface area contributed by atoms with Crippen molar-refractivity contribution < 1.29 is 9.90 Å². The van der Waals surface area contributed by atoms with Gasteiger partial charge in [0.15, 0.2) is 0 Å². The molecule has 0 radical (unpaired) electrons. The Morgan fingerprint density at radius 1 is 1.04 bits per heavy atom. The molecule has 0 bridgehead atoms. The van der Waals surface area contributed by atoms with E-state index in [2.05, 4.69) is 59.5 Å².